The summed E-state index contributed by atoms with van der Waals surface area (Å²) in [5, 5.41) is 4.28. The second kappa shape index (κ2) is 5.18. The minimum Gasteiger partial charge on any atom is -0.269 e. The van der Waals surface area contributed by atoms with Gasteiger partial charge < -0.3 is 0 Å². The van der Waals surface area contributed by atoms with Crippen LogP contribution in [0.4, 0.5) is 0 Å². The van der Waals surface area contributed by atoms with Crippen LogP contribution < -0.4 is 0 Å². The van der Waals surface area contributed by atoms with Crippen molar-refractivity contribution in [1.29, 1.82) is 0 Å². The van der Waals surface area contributed by atoms with Gasteiger partial charge in [-0.3, -0.25) is 4.68 Å². The molecule has 0 fully saturated rings. The Kier molecular flexibility index (Phi) is 4.18. The summed E-state index contributed by atoms with van der Waals surface area (Å²) in [7, 11) is 0. The molecule has 2 nitrogen and oxygen atoms in total. The van der Waals surface area contributed by atoms with Crippen molar-refractivity contribution in [2.24, 2.45) is 5.92 Å². The van der Waals surface area contributed by atoms with E-state index in [-0.39, 0.29) is 0 Å². The van der Waals surface area contributed by atoms with E-state index in [0.717, 1.165) is 18.9 Å². The van der Waals surface area contributed by atoms with E-state index < -0.39 is 0 Å². The van der Waals surface area contributed by atoms with Crippen molar-refractivity contribution in [2.45, 2.75) is 53.5 Å². The molecular weight excluding hydrogens is 172 g/mol. The van der Waals surface area contributed by atoms with Crippen molar-refractivity contribution in [1.82, 2.24) is 9.78 Å². The van der Waals surface area contributed by atoms with Crippen molar-refractivity contribution >= 4 is 0 Å². The number of nitrogens with zero attached hydrogens (tertiary/aromatic N) is 2. The van der Waals surface area contributed by atoms with Gasteiger partial charge in [0.15, 0.2) is 0 Å². The molecule has 0 aliphatic carbocycles. The molecule has 1 radical (unpaired) electrons. The molecule has 0 N–H and O–H groups in total. The maximum atomic E-state index is 4.28. The lowest BCUT2D eigenvalue weighted by Crippen LogP contribution is -2.04. The van der Waals surface area contributed by atoms with Crippen LogP contribution >= 0.6 is 0 Å². The van der Waals surface area contributed by atoms with Gasteiger partial charge in [-0.2, -0.15) is 5.10 Å². The highest BCUT2D eigenvalue weighted by atomic mass is 15.3. The Morgan fingerprint density at radius 2 is 2.14 bits per heavy atom. The van der Waals surface area contributed by atoms with Gasteiger partial charge in [0.2, 0.25) is 0 Å². The van der Waals surface area contributed by atoms with Crippen LogP contribution in [0.3, 0.4) is 0 Å². The Morgan fingerprint density at radius 1 is 1.43 bits per heavy atom. The van der Waals surface area contributed by atoms with Gasteiger partial charge in [-0.25, -0.2) is 0 Å². The molecule has 0 aliphatic rings. The number of aryl methyl sites for hydroxylation is 2. The lowest BCUT2D eigenvalue weighted by atomic mass is 10.1. The fourth-order valence-corrected chi connectivity index (χ4v) is 1.63. The summed E-state index contributed by atoms with van der Waals surface area (Å²) in [6.07, 6.45) is 6.61. The van der Waals surface area contributed by atoms with E-state index in [1.165, 1.54) is 24.1 Å². The van der Waals surface area contributed by atoms with Crippen molar-refractivity contribution in [3.63, 3.8) is 0 Å². The van der Waals surface area contributed by atoms with Gasteiger partial charge in [-0.1, -0.05) is 20.8 Å². The summed E-state index contributed by atoms with van der Waals surface area (Å²) >= 11 is 0. The fraction of sp³-hybridized carbons (Fsp3) is 0.750. The molecule has 2 heteroatoms. The molecule has 0 spiro atoms. The highest BCUT2D eigenvalue weighted by Gasteiger charge is 2.04. The molecule has 14 heavy (non-hydrogen) atoms. The molecule has 1 rings (SSSR count). The highest BCUT2D eigenvalue weighted by molar-refractivity contribution is 5.14. The van der Waals surface area contributed by atoms with Gasteiger partial charge >= 0.3 is 0 Å². The van der Waals surface area contributed by atoms with Crippen molar-refractivity contribution in [3.05, 3.63) is 17.5 Å². The van der Waals surface area contributed by atoms with E-state index in [9.17, 15) is 0 Å². The quantitative estimate of drug-likeness (QED) is 0.703. The molecule has 0 bridgehead atoms. The summed E-state index contributed by atoms with van der Waals surface area (Å²) in [5.41, 5.74) is 2.55. The predicted octanol–water partition coefficient (Wildman–Crippen LogP) is 2.99. The second-order valence-electron chi connectivity index (χ2n) is 4.29. The molecule has 79 valence electrons. The molecular formula is C12H21N2. The highest BCUT2D eigenvalue weighted by Crippen LogP contribution is 2.10. The van der Waals surface area contributed by atoms with E-state index in [4.69, 9.17) is 0 Å². The van der Waals surface area contributed by atoms with Gasteiger partial charge in [-0.15, -0.1) is 0 Å². The van der Waals surface area contributed by atoms with Crippen molar-refractivity contribution in [2.75, 3.05) is 0 Å². The summed E-state index contributed by atoms with van der Waals surface area (Å²) in [5.74, 6) is 0.792. The molecule has 0 unspecified atom stereocenters. The smallest absolute Gasteiger partial charge is 0.116 e. The van der Waals surface area contributed by atoms with Crippen LogP contribution in [0, 0.1) is 19.0 Å². The number of aromatic nitrogens is 2. The molecule has 1 heterocycles. The number of rotatable bonds is 5. The van der Waals surface area contributed by atoms with E-state index in [2.05, 4.69) is 43.7 Å². The maximum absolute atomic E-state index is 4.28. The topological polar surface area (TPSA) is 17.8 Å². The lowest BCUT2D eigenvalue weighted by molar-refractivity contribution is 0.484. The molecule has 1 aromatic rings. The Labute approximate surface area is 87.3 Å². The average molecular weight is 193 g/mol. The zero-order chi connectivity index (χ0) is 10.6. The first-order chi connectivity index (χ1) is 6.65. The lowest BCUT2D eigenvalue weighted by Gasteiger charge is -2.06. The maximum Gasteiger partial charge on any atom is 0.116 e. The second-order valence-corrected chi connectivity index (χ2v) is 4.29. The number of hydrogen-bond acceptors (Lipinski definition) is 1. The van der Waals surface area contributed by atoms with Crippen LogP contribution in [0.1, 0.15) is 44.9 Å². The minimum absolute atomic E-state index is 0.792. The normalized spacial score (nSPS) is 11.2. The fourth-order valence-electron chi connectivity index (χ4n) is 1.63. The molecule has 0 aliphatic heterocycles. The summed E-state index contributed by atoms with van der Waals surface area (Å²) in [6, 6.07) is 0. The monoisotopic (exact) mass is 193 g/mol. The third-order valence-electron chi connectivity index (χ3n) is 2.63. The summed E-state index contributed by atoms with van der Waals surface area (Å²) in [4.78, 5) is 0. The van der Waals surface area contributed by atoms with Crippen LogP contribution in [0.2, 0.25) is 0 Å². The van der Waals surface area contributed by atoms with Gasteiger partial charge in [-0.05, 0) is 32.1 Å². The molecule has 0 atom stereocenters. The summed E-state index contributed by atoms with van der Waals surface area (Å²) in [6.45, 7) is 9.86. The van der Waals surface area contributed by atoms with Gasteiger partial charge in [0, 0.05) is 17.8 Å². The first-order valence-electron chi connectivity index (χ1n) is 5.59. The predicted molar refractivity (Wildman–Crippen MR) is 59.3 cm³/mol. The Morgan fingerprint density at radius 3 is 2.64 bits per heavy atom. The van der Waals surface area contributed by atoms with Crippen LogP contribution in [-0.2, 0) is 13.0 Å². The third-order valence-corrected chi connectivity index (χ3v) is 2.63. The Hall–Kier alpha value is -0.790. The van der Waals surface area contributed by atoms with Crippen molar-refractivity contribution in [3.8, 4) is 0 Å². The van der Waals surface area contributed by atoms with Crippen molar-refractivity contribution < 1.29 is 0 Å². The zero-order valence-electron chi connectivity index (χ0n) is 9.80. The first-order valence-corrected chi connectivity index (χ1v) is 5.59. The minimum atomic E-state index is 0.792. The Balaban J connectivity index is 2.46. The Bertz CT molecular complexity index is 274. The van der Waals surface area contributed by atoms with Gasteiger partial charge in [0.25, 0.3) is 0 Å². The first kappa shape index (κ1) is 11.3. The molecule has 0 aromatic carbocycles. The molecule has 0 saturated carbocycles. The van der Waals surface area contributed by atoms with Gasteiger partial charge in [0.1, 0.15) is 6.20 Å². The van der Waals surface area contributed by atoms with E-state index >= 15 is 0 Å². The van der Waals surface area contributed by atoms with Crippen LogP contribution in [0.25, 0.3) is 0 Å². The molecule has 0 saturated heterocycles. The van der Waals surface area contributed by atoms with Crippen LogP contribution in [0.15, 0.2) is 0 Å². The van der Waals surface area contributed by atoms with Crippen LogP contribution in [0.5, 0.6) is 0 Å². The molecule has 1 aromatic heterocycles. The third kappa shape index (κ3) is 2.86. The average Bonchev–Trinajstić information content (AvgIpc) is 2.47. The largest absolute Gasteiger partial charge is 0.269 e. The van der Waals surface area contributed by atoms with E-state index in [0.29, 0.717) is 0 Å². The van der Waals surface area contributed by atoms with E-state index in [1.54, 1.807) is 0 Å². The molecule has 0 amide bonds. The van der Waals surface area contributed by atoms with E-state index in [1.807, 2.05) is 0 Å². The standard InChI is InChI=1S/C12H21N2/c1-5-12-9-13-14(11(12)4)8-6-7-10(2)3/h10H,5-8H2,1-4H3. The zero-order valence-corrected chi connectivity index (χ0v) is 9.80. The summed E-state index contributed by atoms with van der Waals surface area (Å²) < 4.78 is 2.08. The van der Waals surface area contributed by atoms with Gasteiger partial charge in [0.05, 0.1) is 0 Å². The van der Waals surface area contributed by atoms with Crippen LogP contribution in [-0.4, -0.2) is 9.78 Å². The SMILES string of the molecule is CCc1[c]nn(CCCC(C)C)c1C. The number of hydrogen-bond donors (Lipinski definition) is 0.